The first-order valence-electron chi connectivity index (χ1n) is 10.0. The van der Waals surface area contributed by atoms with Crippen molar-refractivity contribution in [2.75, 3.05) is 0 Å². The summed E-state index contributed by atoms with van der Waals surface area (Å²) in [5, 5.41) is 1.72. The maximum atomic E-state index is 14.9. The van der Waals surface area contributed by atoms with Crippen molar-refractivity contribution >= 4 is 54.8 Å². The summed E-state index contributed by atoms with van der Waals surface area (Å²) in [4.78, 5) is 13.7. The van der Waals surface area contributed by atoms with E-state index in [-0.39, 0.29) is 22.3 Å². The minimum Gasteiger partial charge on any atom is -0.289 e. The van der Waals surface area contributed by atoms with Crippen LogP contribution in [0, 0.1) is 23.3 Å². The van der Waals surface area contributed by atoms with Gasteiger partial charge in [-0.1, -0.05) is 40.2 Å². The van der Waals surface area contributed by atoms with Gasteiger partial charge >= 0.3 is 0 Å². The van der Waals surface area contributed by atoms with Crippen LogP contribution < -0.4 is 0 Å². The monoisotopic (exact) mass is 506 g/mol. The number of fused-ring (bicyclic) bond motifs is 3. The molecule has 2 aliphatic carbocycles. The Morgan fingerprint density at radius 3 is 1.64 bits per heavy atom. The molecule has 0 spiro atoms. The van der Waals surface area contributed by atoms with Crippen LogP contribution >= 0.6 is 15.9 Å². The van der Waals surface area contributed by atoms with Crippen LogP contribution in [0.5, 0.6) is 0 Å². The van der Waals surface area contributed by atoms with E-state index in [4.69, 9.17) is 0 Å². The normalized spacial score (nSPS) is 14.6. The minimum atomic E-state index is -0.893. The van der Waals surface area contributed by atoms with Gasteiger partial charge in [-0.2, -0.15) is 0 Å². The molecular formula is C27H11BrF4O. The van der Waals surface area contributed by atoms with E-state index in [1.165, 1.54) is 12.1 Å². The summed E-state index contributed by atoms with van der Waals surface area (Å²) < 4.78 is 57.9. The van der Waals surface area contributed by atoms with Crippen LogP contribution in [0.15, 0.2) is 71.2 Å². The topological polar surface area (TPSA) is 17.1 Å². The SMILES string of the molecule is O=C1C(c2ccc(F)cc2F)=C2C(=C1c1ccc(F)cc1F)c1ccc(Br)c3cccc2c13. The van der Waals surface area contributed by atoms with E-state index < -0.39 is 29.1 Å². The van der Waals surface area contributed by atoms with E-state index in [1.54, 1.807) is 0 Å². The van der Waals surface area contributed by atoms with Gasteiger partial charge in [0, 0.05) is 50.0 Å². The zero-order valence-corrected chi connectivity index (χ0v) is 18.2. The van der Waals surface area contributed by atoms with Gasteiger partial charge in [0.05, 0.1) is 0 Å². The molecule has 4 aromatic rings. The summed E-state index contributed by atoms with van der Waals surface area (Å²) >= 11 is 3.54. The first-order valence-corrected chi connectivity index (χ1v) is 10.8. The number of halogens is 5. The van der Waals surface area contributed by atoms with Crippen molar-refractivity contribution in [3.8, 4) is 0 Å². The van der Waals surface area contributed by atoms with Gasteiger partial charge in [0.15, 0.2) is 5.78 Å². The lowest BCUT2D eigenvalue weighted by Gasteiger charge is -2.11. The van der Waals surface area contributed by atoms with Crippen LogP contribution in [0.25, 0.3) is 33.1 Å². The predicted octanol–water partition coefficient (Wildman–Crippen LogP) is 7.58. The molecule has 0 saturated carbocycles. The molecule has 1 nitrogen and oxygen atoms in total. The second-order valence-corrected chi connectivity index (χ2v) is 8.75. The summed E-state index contributed by atoms with van der Waals surface area (Å²) in [5.41, 5.74) is 2.23. The second-order valence-electron chi connectivity index (χ2n) is 7.90. The van der Waals surface area contributed by atoms with Gasteiger partial charge in [0.1, 0.15) is 23.3 Å². The number of carbonyl (C=O) groups is 1. The number of rotatable bonds is 2. The molecule has 0 radical (unpaired) electrons. The molecule has 0 unspecified atom stereocenters. The van der Waals surface area contributed by atoms with E-state index in [0.29, 0.717) is 34.4 Å². The Bertz CT molecular complexity index is 1550. The lowest BCUT2D eigenvalue weighted by molar-refractivity contribution is -0.108. The molecule has 160 valence electrons. The van der Waals surface area contributed by atoms with Gasteiger partial charge in [0.2, 0.25) is 0 Å². The third-order valence-electron chi connectivity index (χ3n) is 6.13. The number of ketones is 1. The molecule has 33 heavy (non-hydrogen) atoms. The molecule has 6 rings (SSSR count). The Labute approximate surface area is 193 Å². The van der Waals surface area contributed by atoms with Crippen molar-refractivity contribution in [2.45, 2.75) is 0 Å². The number of allylic oxidation sites excluding steroid dienone is 4. The number of carbonyl (C=O) groups excluding carboxylic acids is 1. The third-order valence-corrected chi connectivity index (χ3v) is 6.82. The van der Waals surface area contributed by atoms with E-state index in [2.05, 4.69) is 15.9 Å². The summed E-state index contributed by atoms with van der Waals surface area (Å²) in [6, 6.07) is 15.2. The second kappa shape index (κ2) is 6.99. The van der Waals surface area contributed by atoms with E-state index in [9.17, 15) is 22.4 Å². The fraction of sp³-hybridized carbons (Fsp3) is 0. The molecule has 0 N–H and O–H groups in total. The highest BCUT2D eigenvalue weighted by Crippen LogP contribution is 2.57. The standard InChI is InChI=1S/C27H11BrF4O/c28-19-9-8-18-22-14(19)2-1-3-17(22)23-24(18)26(16-7-5-13(30)11-21(16)32)27(33)25(23)15-6-4-12(29)10-20(15)31/h1-11H. The molecule has 0 atom stereocenters. The molecular weight excluding hydrogens is 496 g/mol. The lowest BCUT2D eigenvalue weighted by Crippen LogP contribution is -2.06. The van der Waals surface area contributed by atoms with Crippen molar-refractivity contribution in [1.29, 1.82) is 0 Å². The molecule has 2 aliphatic rings. The van der Waals surface area contributed by atoms with Gasteiger partial charge < -0.3 is 0 Å². The Morgan fingerprint density at radius 2 is 1.09 bits per heavy atom. The third kappa shape index (κ3) is 2.74. The van der Waals surface area contributed by atoms with Crippen LogP contribution in [0.3, 0.4) is 0 Å². The quantitative estimate of drug-likeness (QED) is 0.256. The van der Waals surface area contributed by atoms with Crippen LogP contribution in [0.1, 0.15) is 22.3 Å². The predicted molar refractivity (Wildman–Crippen MR) is 123 cm³/mol. The van der Waals surface area contributed by atoms with Crippen LogP contribution in [0.2, 0.25) is 0 Å². The van der Waals surface area contributed by atoms with Crippen LogP contribution in [-0.4, -0.2) is 5.78 Å². The molecule has 0 bridgehead atoms. The van der Waals surface area contributed by atoms with Crippen molar-refractivity contribution in [3.05, 3.63) is 117 Å². The van der Waals surface area contributed by atoms with Gasteiger partial charge in [0.25, 0.3) is 0 Å². The average Bonchev–Trinajstić information content (AvgIpc) is 3.24. The molecule has 6 heteroatoms. The smallest absolute Gasteiger partial charge is 0.195 e. The molecule has 4 aromatic carbocycles. The Kier molecular flexibility index (Phi) is 4.26. The fourth-order valence-electron chi connectivity index (χ4n) is 4.83. The first-order chi connectivity index (χ1) is 15.9. The van der Waals surface area contributed by atoms with E-state index >= 15 is 0 Å². The Hall–Kier alpha value is -3.51. The van der Waals surface area contributed by atoms with E-state index in [1.807, 2.05) is 30.3 Å². The van der Waals surface area contributed by atoms with Crippen molar-refractivity contribution < 1.29 is 22.4 Å². The highest BCUT2D eigenvalue weighted by Gasteiger charge is 2.41. The number of benzene rings is 4. The molecule has 0 saturated heterocycles. The zero-order valence-electron chi connectivity index (χ0n) is 16.6. The first kappa shape index (κ1) is 20.1. The molecule has 0 aliphatic heterocycles. The molecule has 0 fully saturated rings. The maximum Gasteiger partial charge on any atom is 0.195 e. The van der Waals surface area contributed by atoms with Gasteiger partial charge in [-0.15, -0.1) is 0 Å². The highest BCUT2D eigenvalue weighted by molar-refractivity contribution is 9.10. The largest absolute Gasteiger partial charge is 0.289 e. The van der Waals surface area contributed by atoms with Crippen molar-refractivity contribution in [1.82, 2.24) is 0 Å². The highest BCUT2D eigenvalue weighted by atomic mass is 79.9. The molecule has 0 amide bonds. The summed E-state index contributed by atoms with van der Waals surface area (Å²) in [6.07, 6.45) is 0. The van der Waals surface area contributed by atoms with Gasteiger partial charge in [-0.3, -0.25) is 4.79 Å². The van der Waals surface area contributed by atoms with E-state index in [0.717, 1.165) is 27.4 Å². The summed E-state index contributed by atoms with van der Waals surface area (Å²) in [5.74, 6) is -3.93. The van der Waals surface area contributed by atoms with Crippen molar-refractivity contribution in [2.24, 2.45) is 0 Å². The number of hydrogen-bond acceptors (Lipinski definition) is 1. The zero-order chi connectivity index (χ0) is 23.0. The van der Waals surface area contributed by atoms with Crippen LogP contribution in [-0.2, 0) is 4.79 Å². The minimum absolute atomic E-state index is 0.0287. The fourth-order valence-corrected chi connectivity index (χ4v) is 5.29. The average molecular weight is 507 g/mol. The number of hydrogen-bond donors (Lipinski definition) is 0. The molecule has 0 heterocycles. The van der Waals surface area contributed by atoms with Gasteiger partial charge in [-0.05, 0) is 52.2 Å². The lowest BCUT2D eigenvalue weighted by atomic mass is 9.92. The number of Topliss-reactive ketones (excluding diaryl/α,β-unsaturated/α-hetero) is 1. The summed E-state index contributed by atoms with van der Waals surface area (Å²) in [7, 11) is 0. The maximum absolute atomic E-state index is 14.9. The van der Waals surface area contributed by atoms with Gasteiger partial charge in [-0.25, -0.2) is 17.6 Å². The van der Waals surface area contributed by atoms with Crippen molar-refractivity contribution in [3.63, 3.8) is 0 Å². The summed E-state index contributed by atoms with van der Waals surface area (Å²) in [6.45, 7) is 0. The molecule has 0 aromatic heterocycles. The Morgan fingerprint density at radius 1 is 0.576 bits per heavy atom. The van der Waals surface area contributed by atoms with Crippen LogP contribution in [0.4, 0.5) is 17.6 Å². The Balaban J connectivity index is 1.77.